The predicted octanol–water partition coefficient (Wildman–Crippen LogP) is 4.62. The van der Waals surface area contributed by atoms with Gasteiger partial charge in [0.1, 0.15) is 5.60 Å². The molecule has 2 rings (SSSR count). The highest BCUT2D eigenvalue weighted by Crippen LogP contribution is 2.13. The van der Waals surface area contributed by atoms with Gasteiger partial charge in [0.15, 0.2) is 0 Å². The molecule has 0 bridgehead atoms. The number of carboxylic acids is 1. The van der Waals surface area contributed by atoms with Crippen LogP contribution in [0.15, 0.2) is 72.8 Å². The Morgan fingerprint density at radius 3 is 1.93 bits per heavy atom. The molecule has 0 aromatic heterocycles. The molecule has 2 aromatic rings. The largest absolute Gasteiger partial charge is 0.481 e. The molecule has 0 fully saturated rings. The van der Waals surface area contributed by atoms with Crippen LogP contribution in [0, 0.1) is 5.92 Å². The van der Waals surface area contributed by atoms with E-state index in [1.54, 1.807) is 32.9 Å². The van der Waals surface area contributed by atoms with Crippen LogP contribution >= 0.6 is 0 Å². The Balaban J connectivity index is 2.14. The summed E-state index contributed by atoms with van der Waals surface area (Å²) < 4.78 is 5.36. The normalized spacial score (nSPS) is 13.6. The fraction of sp³-hybridized carbons (Fsp3) is 0.333. The van der Waals surface area contributed by atoms with Crippen molar-refractivity contribution in [3.05, 3.63) is 83.9 Å². The van der Waals surface area contributed by atoms with E-state index in [1.165, 1.54) is 0 Å². The first-order valence-electron chi connectivity index (χ1n) is 9.71. The fourth-order valence-electron chi connectivity index (χ4n) is 2.87. The maximum Gasteiger partial charge on any atom is 0.408 e. The smallest absolute Gasteiger partial charge is 0.408 e. The lowest BCUT2D eigenvalue weighted by molar-refractivity contribution is -0.140. The van der Waals surface area contributed by atoms with Crippen LogP contribution in [0.5, 0.6) is 0 Å². The Hall–Kier alpha value is -3.08. The molecule has 1 amide bonds. The lowest BCUT2D eigenvalue weighted by atomic mass is 9.97. The first-order chi connectivity index (χ1) is 13.7. The molecule has 2 unspecified atom stereocenters. The second kappa shape index (κ2) is 10.5. The minimum absolute atomic E-state index is 0.384. The van der Waals surface area contributed by atoms with Gasteiger partial charge in [-0.15, -0.1) is 0 Å². The molecule has 2 atom stereocenters. The Bertz CT molecular complexity index is 810. The van der Waals surface area contributed by atoms with Crippen LogP contribution in [-0.2, 0) is 22.4 Å². The van der Waals surface area contributed by atoms with Gasteiger partial charge in [-0.1, -0.05) is 72.8 Å². The molecule has 0 aliphatic heterocycles. The Labute approximate surface area is 172 Å². The molecule has 0 aliphatic rings. The van der Waals surface area contributed by atoms with Crippen LogP contribution in [0.2, 0.25) is 0 Å². The summed E-state index contributed by atoms with van der Waals surface area (Å²) in [5.74, 6) is -1.59. The molecule has 0 saturated carbocycles. The third-order valence-corrected chi connectivity index (χ3v) is 4.19. The molecule has 0 radical (unpaired) electrons. The zero-order valence-corrected chi connectivity index (χ0v) is 17.2. The molecule has 0 saturated heterocycles. The van der Waals surface area contributed by atoms with Crippen LogP contribution in [0.3, 0.4) is 0 Å². The van der Waals surface area contributed by atoms with Gasteiger partial charge in [-0.05, 0) is 44.7 Å². The highest BCUT2D eigenvalue weighted by atomic mass is 16.6. The van der Waals surface area contributed by atoms with Crippen molar-refractivity contribution in [3.63, 3.8) is 0 Å². The Kier molecular flexibility index (Phi) is 8.01. The lowest BCUT2D eigenvalue weighted by Crippen LogP contribution is -2.39. The first-order valence-corrected chi connectivity index (χ1v) is 9.71. The molecule has 0 aliphatic carbocycles. The van der Waals surface area contributed by atoms with E-state index in [4.69, 9.17) is 4.74 Å². The van der Waals surface area contributed by atoms with Gasteiger partial charge < -0.3 is 15.2 Å². The number of alkyl carbamates (subject to hydrolysis) is 1. The number of carbonyl (C=O) groups is 2. The van der Waals surface area contributed by atoms with Crippen molar-refractivity contribution in [1.29, 1.82) is 0 Å². The number of hydrogen-bond acceptors (Lipinski definition) is 3. The average Bonchev–Trinajstić information content (AvgIpc) is 2.64. The summed E-state index contributed by atoms with van der Waals surface area (Å²) in [5.41, 5.74) is 1.37. The molecular weight excluding hydrogens is 366 g/mol. The van der Waals surface area contributed by atoms with Crippen molar-refractivity contribution in [1.82, 2.24) is 5.32 Å². The van der Waals surface area contributed by atoms with E-state index >= 15 is 0 Å². The summed E-state index contributed by atoms with van der Waals surface area (Å²) in [5, 5.41) is 12.4. The van der Waals surface area contributed by atoms with Gasteiger partial charge in [0.05, 0.1) is 12.0 Å². The molecule has 2 N–H and O–H groups in total. The van der Waals surface area contributed by atoms with E-state index in [1.807, 2.05) is 60.7 Å². The van der Waals surface area contributed by atoms with Gasteiger partial charge in [-0.2, -0.15) is 0 Å². The summed E-state index contributed by atoms with van der Waals surface area (Å²) in [7, 11) is 0. The van der Waals surface area contributed by atoms with Crippen LogP contribution < -0.4 is 5.32 Å². The second-order valence-electron chi connectivity index (χ2n) is 7.96. The van der Waals surface area contributed by atoms with Gasteiger partial charge in [0.25, 0.3) is 0 Å². The van der Waals surface area contributed by atoms with Crippen LogP contribution in [0.1, 0.15) is 31.9 Å². The molecule has 154 valence electrons. The van der Waals surface area contributed by atoms with Gasteiger partial charge in [-0.25, -0.2) is 4.79 Å². The first kappa shape index (κ1) is 22.2. The lowest BCUT2D eigenvalue weighted by Gasteiger charge is -2.22. The van der Waals surface area contributed by atoms with Crippen molar-refractivity contribution in [2.75, 3.05) is 0 Å². The molecule has 5 heteroatoms. The van der Waals surface area contributed by atoms with Crippen molar-refractivity contribution in [3.8, 4) is 0 Å². The number of amides is 1. The third kappa shape index (κ3) is 8.64. The summed E-state index contributed by atoms with van der Waals surface area (Å²) in [4.78, 5) is 24.0. The van der Waals surface area contributed by atoms with Crippen molar-refractivity contribution in [2.24, 2.45) is 5.92 Å². The third-order valence-electron chi connectivity index (χ3n) is 4.19. The van der Waals surface area contributed by atoms with Gasteiger partial charge >= 0.3 is 12.1 Å². The summed E-state index contributed by atoms with van der Waals surface area (Å²) in [6.07, 6.45) is 3.79. The predicted molar refractivity (Wildman–Crippen MR) is 114 cm³/mol. The minimum atomic E-state index is -0.902. The zero-order valence-electron chi connectivity index (χ0n) is 17.2. The number of nitrogens with one attached hydrogen (secondary N) is 1. The number of hydrogen-bond donors (Lipinski definition) is 2. The molecule has 2 aromatic carbocycles. The van der Waals surface area contributed by atoms with Gasteiger partial charge in [0, 0.05) is 0 Å². The van der Waals surface area contributed by atoms with E-state index in [2.05, 4.69) is 5.32 Å². The summed E-state index contributed by atoms with van der Waals surface area (Å²) in [6.45, 7) is 5.40. The highest BCUT2D eigenvalue weighted by Gasteiger charge is 2.20. The van der Waals surface area contributed by atoms with Crippen LogP contribution in [-0.4, -0.2) is 28.8 Å². The van der Waals surface area contributed by atoms with Crippen molar-refractivity contribution >= 4 is 12.1 Å². The number of benzene rings is 2. The van der Waals surface area contributed by atoms with Crippen LogP contribution in [0.4, 0.5) is 4.79 Å². The Morgan fingerprint density at radius 1 is 0.931 bits per heavy atom. The van der Waals surface area contributed by atoms with Gasteiger partial charge in [0.2, 0.25) is 0 Å². The fourth-order valence-corrected chi connectivity index (χ4v) is 2.87. The molecule has 5 nitrogen and oxygen atoms in total. The van der Waals surface area contributed by atoms with Gasteiger partial charge in [-0.3, -0.25) is 4.79 Å². The molecular formula is C24H29NO4. The second-order valence-corrected chi connectivity index (χ2v) is 7.96. The van der Waals surface area contributed by atoms with E-state index in [9.17, 15) is 14.7 Å². The maximum absolute atomic E-state index is 12.2. The van der Waals surface area contributed by atoms with E-state index in [-0.39, 0.29) is 6.04 Å². The highest BCUT2D eigenvalue weighted by molar-refractivity contribution is 5.73. The standard InChI is InChI=1S/C24H29NO4/c1-24(2,3)29-23(28)25-21(17-19-12-8-5-9-13-19)15-14-20(22(26)27)16-18-10-6-4-7-11-18/h4-15,20-21H,16-17H2,1-3H3,(H,25,28)(H,26,27). The zero-order chi connectivity index (χ0) is 21.3. The van der Waals surface area contributed by atoms with Crippen LogP contribution in [0.25, 0.3) is 0 Å². The Morgan fingerprint density at radius 2 is 1.45 bits per heavy atom. The average molecular weight is 395 g/mol. The number of carboxylic acid groups (broad SMARTS) is 1. The molecule has 0 heterocycles. The number of aliphatic carboxylic acids is 1. The monoisotopic (exact) mass is 395 g/mol. The minimum Gasteiger partial charge on any atom is -0.481 e. The summed E-state index contributed by atoms with van der Waals surface area (Å²) in [6, 6.07) is 18.8. The van der Waals surface area contributed by atoms with Crippen molar-refractivity contribution < 1.29 is 19.4 Å². The quantitative estimate of drug-likeness (QED) is 0.640. The number of ether oxygens (including phenoxy) is 1. The SMILES string of the molecule is CC(C)(C)OC(=O)NC(C=CC(Cc1ccccc1)C(=O)O)Cc1ccccc1. The summed E-state index contributed by atoms with van der Waals surface area (Å²) >= 11 is 0. The van der Waals surface area contributed by atoms with E-state index in [0.717, 1.165) is 11.1 Å². The van der Waals surface area contributed by atoms with Crippen molar-refractivity contribution in [2.45, 2.75) is 45.3 Å². The van der Waals surface area contributed by atoms with E-state index in [0.29, 0.717) is 12.8 Å². The number of carbonyl (C=O) groups excluding carboxylic acids is 1. The maximum atomic E-state index is 12.2. The molecule has 29 heavy (non-hydrogen) atoms. The van der Waals surface area contributed by atoms with E-state index < -0.39 is 23.6 Å². The topological polar surface area (TPSA) is 75.6 Å². The molecule has 0 spiro atoms. The number of rotatable bonds is 8.